The minimum absolute atomic E-state index is 0.388. The Balaban J connectivity index is 1.88. The number of hydrogen-bond donors (Lipinski definition) is 2. The van der Waals surface area contributed by atoms with Crippen molar-refractivity contribution in [1.29, 1.82) is 0 Å². The highest BCUT2D eigenvalue weighted by Crippen LogP contribution is 2.31. The Morgan fingerprint density at radius 3 is 2.79 bits per heavy atom. The minimum atomic E-state index is 0.388. The number of benzene rings is 1. The highest BCUT2D eigenvalue weighted by atomic mass is 14.9. The van der Waals surface area contributed by atoms with E-state index in [0.29, 0.717) is 17.3 Å². The lowest BCUT2D eigenvalue weighted by Crippen LogP contribution is -2.33. The summed E-state index contributed by atoms with van der Waals surface area (Å²) in [5.41, 5.74) is 3.19. The molecule has 19 heavy (non-hydrogen) atoms. The molecule has 1 aliphatic rings. The maximum Gasteiger partial charge on any atom is 0.0376 e. The Kier molecular flexibility index (Phi) is 4.51. The van der Waals surface area contributed by atoms with Crippen LogP contribution < -0.4 is 10.6 Å². The number of hydrogen-bond acceptors (Lipinski definition) is 2. The summed E-state index contributed by atoms with van der Waals surface area (Å²) in [6, 6.07) is 8.72. The van der Waals surface area contributed by atoms with Crippen LogP contribution in [0.2, 0.25) is 0 Å². The summed E-state index contributed by atoms with van der Waals surface area (Å²) < 4.78 is 0. The molecule has 0 saturated carbocycles. The van der Waals surface area contributed by atoms with E-state index in [0.717, 1.165) is 19.6 Å². The fourth-order valence-electron chi connectivity index (χ4n) is 2.54. The Morgan fingerprint density at radius 1 is 1.32 bits per heavy atom. The average molecular weight is 260 g/mol. The van der Waals surface area contributed by atoms with Crippen LogP contribution in [-0.4, -0.2) is 19.6 Å². The van der Waals surface area contributed by atoms with Crippen molar-refractivity contribution in [2.24, 2.45) is 11.3 Å². The van der Waals surface area contributed by atoms with Crippen LogP contribution >= 0.6 is 0 Å². The molecule has 1 heterocycles. The second kappa shape index (κ2) is 5.96. The first-order valence-corrected chi connectivity index (χ1v) is 7.52. The molecule has 1 aromatic carbocycles. The van der Waals surface area contributed by atoms with Crippen molar-refractivity contribution in [2.75, 3.05) is 25.0 Å². The lowest BCUT2D eigenvalue weighted by Gasteiger charge is -2.30. The molecule has 0 bridgehead atoms. The number of para-hydroxylation sites is 1. The Labute approximate surface area is 118 Å². The first kappa shape index (κ1) is 14.4. The van der Waals surface area contributed by atoms with E-state index in [9.17, 15) is 0 Å². The van der Waals surface area contributed by atoms with Crippen molar-refractivity contribution in [1.82, 2.24) is 5.32 Å². The molecule has 2 atom stereocenters. The van der Waals surface area contributed by atoms with Gasteiger partial charge in [0.1, 0.15) is 0 Å². The molecule has 0 aromatic heterocycles. The predicted molar refractivity (Wildman–Crippen MR) is 83.8 cm³/mol. The second-order valence-electron chi connectivity index (χ2n) is 6.92. The van der Waals surface area contributed by atoms with Crippen LogP contribution in [0.1, 0.15) is 45.6 Å². The standard InChI is InChI=1S/C17H28N2/c1-13(17(2,3)4)11-18-12-14-9-10-19-16-8-6-5-7-15(14)16/h5-8,13-14,18-19H,9-12H2,1-4H3. The van der Waals surface area contributed by atoms with Gasteiger partial charge in [-0.1, -0.05) is 45.9 Å². The van der Waals surface area contributed by atoms with Crippen LogP contribution in [0, 0.1) is 11.3 Å². The number of anilines is 1. The third-order valence-corrected chi connectivity index (χ3v) is 4.53. The van der Waals surface area contributed by atoms with E-state index in [1.54, 1.807) is 0 Å². The van der Waals surface area contributed by atoms with Gasteiger partial charge in [-0.05, 0) is 35.9 Å². The third kappa shape index (κ3) is 3.73. The van der Waals surface area contributed by atoms with Crippen LogP contribution in [0.3, 0.4) is 0 Å². The molecule has 0 aliphatic carbocycles. The first-order valence-electron chi connectivity index (χ1n) is 7.52. The highest BCUT2D eigenvalue weighted by molar-refractivity contribution is 5.54. The van der Waals surface area contributed by atoms with E-state index in [4.69, 9.17) is 0 Å². The van der Waals surface area contributed by atoms with Gasteiger partial charge in [-0.2, -0.15) is 0 Å². The van der Waals surface area contributed by atoms with Gasteiger partial charge in [0.05, 0.1) is 0 Å². The van der Waals surface area contributed by atoms with Gasteiger partial charge >= 0.3 is 0 Å². The summed E-state index contributed by atoms with van der Waals surface area (Å²) in [6.45, 7) is 12.6. The van der Waals surface area contributed by atoms with Crippen molar-refractivity contribution in [2.45, 2.75) is 40.0 Å². The van der Waals surface area contributed by atoms with Crippen LogP contribution in [0.4, 0.5) is 5.69 Å². The van der Waals surface area contributed by atoms with E-state index < -0.39 is 0 Å². The molecule has 0 amide bonds. The lowest BCUT2D eigenvalue weighted by atomic mass is 9.82. The molecule has 2 unspecified atom stereocenters. The van der Waals surface area contributed by atoms with Gasteiger partial charge in [-0.25, -0.2) is 0 Å². The molecule has 0 radical (unpaired) electrons. The Hall–Kier alpha value is -1.02. The number of fused-ring (bicyclic) bond motifs is 1. The smallest absolute Gasteiger partial charge is 0.0376 e. The summed E-state index contributed by atoms with van der Waals surface area (Å²) in [7, 11) is 0. The zero-order chi connectivity index (χ0) is 13.9. The maximum atomic E-state index is 3.67. The van der Waals surface area contributed by atoms with E-state index in [2.05, 4.69) is 62.6 Å². The summed E-state index contributed by atoms with van der Waals surface area (Å²) in [6.07, 6.45) is 1.23. The zero-order valence-corrected chi connectivity index (χ0v) is 12.8. The summed E-state index contributed by atoms with van der Waals surface area (Å²) in [5.74, 6) is 1.36. The normalized spacial score (nSPS) is 20.5. The fourth-order valence-corrected chi connectivity index (χ4v) is 2.54. The van der Waals surface area contributed by atoms with E-state index in [-0.39, 0.29) is 0 Å². The molecule has 2 N–H and O–H groups in total. The largest absolute Gasteiger partial charge is 0.385 e. The minimum Gasteiger partial charge on any atom is -0.385 e. The number of nitrogens with one attached hydrogen (secondary N) is 2. The molecule has 2 rings (SSSR count). The quantitative estimate of drug-likeness (QED) is 0.859. The van der Waals surface area contributed by atoms with Crippen LogP contribution in [0.15, 0.2) is 24.3 Å². The van der Waals surface area contributed by atoms with Gasteiger partial charge in [0, 0.05) is 24.7 Å². The van der Waals surface area contributed by atoms with Gasteiger partial charge in [-0.3, -0.25) is 0 Å². The molecule has 106 valence electrons. The van der Waals surface area contributed by atoms with Gasteiger partial charge in [0.25, 0.3) is 0 Å². The molecule has 1 aliphatic heterocycles. The maximum absolute atomic E-state index is 3.67. The zero-order valence-electron chi connectivity index (χ0n) is 12.8. The summed E-state index contributed by atoms with van der Waals surface area (Å²) >= 11 is 0. The molecular weight excluding hydrogens is 232 g/mol. The molecular formula is C17H28N2. The Bertz CT molecular complexity index is 406. The SMILES string of the molecule is CC(CNCC1CCNc2ccccc21)C(C)(C)C. The van der Waals surface area contributed by atoms with Crippen LogP contribution in [-0.2, 0) is 0 Å². The van der Waals surface area contributed by atoms with Gasteiger partial charge in [0.15, 0.2) is 0 Å². The third-order valence-electron chi connectivity index (χ3n) is 4.53. The van der Waals surface area contributed by atoms with Crippen LogP contribution in [0.5, 0.6) is 0 Å². The molecule has 2 nitrogen and oxygen atoms in total. The topological polar surface area (TPSA) is 24.1 Å². The first-order chi connectivity index (χ1) is 8.98. The predicted octanol–water partition coefficient (Wildman–Crippen LogP) is 3.86. The summed E-state index contributed by atoms with van der Waals surface area (Å²) in [5, 5.41) is 7.16. The molecule has 0 fully saturated rings. The molecule has 1 aromatic rings. The van der Waals surface area contributed by atoms with E-state index in [1.165, 1.54) is 17.7 Å². The van der Waals surface area contributed by atoms with Gasteiger partial charge in [0.2, 0.25) is 0 Å². The molecule has 2 heteroatoms. The Morgan fingerprint density at radius 2 is 2.05 bits per heavy atom. The fraction of sp³-hybridized carbons (Fsp3) is 0.647. The molecule has 0 saturated heterocycles. The van der Waals surface area contributed by atoms with Crippen molar-refractivity contribution in [3.8, 4) is 0 Å². The van der Waals surface area contributed by atoms with Gasteiger partial charge < -0.3 is 10.6 Å². The van der Waals surface area contributed by atoms with Crippen molar-refractivity contribution in [3.63, 3.8) is 0 Å². The highest BCUT2D eigenvalue weighted by Gasteiger charge is 2.22. The van der Waals surface area contributed by atoms with E-state index >= 15 is 0 Å². The molecule has 0 spiro atoms. The van der Waals surface area contributed by atoms with E-state index in [1.807, 2.05) is 0 Å². The lowest BCUT2D eigenvalue weighted by molar-refractivity contribution is 0.251. The number of rotatable bonds is 4. The van der Waals surface area contributed by atoms with Crippen molar-refractivity contribution in [3.05, 3.63) is 29.8 Å². The summed E-state index contributed by atoms with van der Waals surface area (Å²) in [4.78, 5) is 0. The van der Waals surface area contributed by atoms with Crippen LogP contribution in [0.25, 0.3) is 0 Å². The second-order valence-corrected chi connectivity index (χ2v) is 6.92. The van der Waals surface area contributed by atoms with Gasteiger partial charge in [-0.15, -0.1) is 0 Å². The average Bonchev–Trinajstić information content (AvgIpc) is 2.38. The van der Waals surface area contributed by atoms with Crippen molar-refractivity contribution < 1.29 is 0 Å². The monoisotopic (exact) mass is 260 g/mol. The van der Waals surface area contributed by atoms with Crippen molar-refractivity contribution >= 4 is 5.69 Å².